The maximum Gasteiger partial charge on any atom is 0.131 e. The number of aromatic nitrogens is 1. The molecule has 0 radical (unpaired) electrons. The van der Waals surface area contributed by atoms with Gasteiger partial charge in [0.15, 0.2) is 0 Å². The van der Waals surface area contributed by atoms with Gasteiger partial charge in [0.25, 0.3) is 0 Å². The largest absolute Gasteiger partial charge is 0.378 e. The summed E-state index contributed by atoms with van der Waals surface area (Å²) in [4.78, 5) is 6.40. The van der Waals surface area contributed by atoms with E-state index in [1.807, 2.05) is 44.4 Å². The van der Waals surface area contributed by atoms with E-state index in [0.29, 0.717) is 0 Å². The molecule has 0 aliphatic carbocycles. The number of benzene rings is 1. The van der Waals surface area contributed by atoms with Gasteiger partial charge in [0.2, 0.25) is 0 Å². The summed E-state index contributed by atoms with van der Waals surface area (Å²) in [6.45, 7) is 0. The minimum absolute atomic E-state index is 0.825. The van der Waals surface area contributed by atoms with E-state index in [9.17, 15) is 0 Å². The lowest BCUT2D eigenvalue weighted by molar-refractivity contribution is 1.13. The van der Waals surface area contributed by atoms with Gasteiger partial charge in [-0.2, -0.15) is 0 Å². The third-order valence-corrected chi connectivity index (χ3v) is 2.79. The standard InChI is InChI=1S/C13H14BrN3/c1-17(2)11-6-3-5-10(9-11)15-13-8-4-7-12(14)16-13/h3-9H,1-2H3,(H,15,16). The Morgan fingerprint density at radius 3 is 2.59 bits per heavy atom. The van der Waals surface area contributed by atoms with Crippen LogP contribution in [0.3, 0.4) is 0 Å². The molecular formula is C13H14BrN3. The molecule has 0 amide bonds. The summed E-state index contributed by atoms with van der Waals surface area (Å²) in [6, 6.07) is 14.0. The summed E-state index contributed by atoms with van der Waals surface area (Å²) < 4.78 is 0.825. The summed E-state index contributed by atoms with van der Waals surface area (Å²) in [7, 11) is 4.05. The molecule has 1 aromatic carbocycles. The van der Waals surface area contributed by atoms with Crippen LogP contribution in [0.25, 0.3) is 0 Å². The molecule has 1 N–H and O–H groups in total. The van der Waals surface area contributed by atoms with Gasteiger partial charge in [-0.3, -0.25) is 0 Å². The van der Waals surface area contributed by atoms with Crippen LogP contribution in [0.1, 0.15) is 0 Å². The lowest BCUT2D eigenvalue weighted by Crippen LogP contribution is -2.08. The van der Waals surface area contributed by atoms with E-state index in [2.05, 4.69) is 43.3 Å². The van der Waals surface area contributed by atoms with E-state index in [1.54, 1.807) is 0 Å². The fourth-order valence-corrected chi connectivity index (χ4v) is 1.83. The Kier molecular flexibility index (Phi) is 3.64. The lowest BCUT2D eigenvalue weighted by atomic mass is 10.2. The fraction of sp³-hybridized carbons (Fsp3) is 0.154. The number of nitrogens with zero attached hydrogens (tertiary/aromatic N) is 2. The average molecular weight is 292 g/mol. The number of pyridine rings is 1. The number of halogens is 1. The van der Waals surface area contributed by atoms with Crippen LogP contribution in [0.2, 0.25) is 0 Å². The molecule has 0 aliphatic heterocycles. The maximum absolute atomic E-state index is 4.33. The molecule has 0 spiro atoms. The molecule has 0 fully saturated rings. The molecule has 3 nitrogen and oxygen atoms in total. The van der Waals surface area contributed by atoms with E-state index < -0.39 is 0 Å². The van der Waals surface area contributed by atoms with E-state index >= 15 is 0 Å². The van der Waals surface area contributed by atoms with Gasteiger partial charge in [-0.15, -0.1) is 0 Å². The third-order valence-electron chi connectivity index (χ3n) is 2.35. The SMILES string of the molecule is CN(C)c1cccc(Nc2cccc(Br)n2)c1. The first-order valence-corrected chi connectivity index (χ1v) is 6.11. The second kappa shape index (κ2) is 5.19. The highest BCUT2D eigenvalue weighted by atomic mass is 79.9. The normalized spacial score (nSPS) is 10.1. The minimum atomic E-state index is 0.825. The van der Waals surface area contributed by atoms with Gasteiger partial charge >= 0.3 is 0 Å². The zero-order valence-corrected chi connectivity index (χ0v) is 11.4. The number of rotatable bonds is 3. The molecule has 88 valence electrons. The Hall–Kier alpha value is -1.55. The minimum Gasteiger partial charge on any atom is -0.378 e. The van der Waals surface area contributed by atoms with Crippen molar-refractivity contribution in [1.29, 1.82) is 0 Å². The second-order valence-electron chi connectivity index (χ2n) is 3.92. The number of hydrogen-bond donors (Lipinski definition) is 1. The van der Waals surface area contributed by atoms with Gasteiger partial charge in [-0.1, -0.05) is 12.1 Å². The number of nitrogens with one attached hydrogen (secondary N) is 1. The van der Waals surface area contributed by atoms with Crippen molar-refractivity contribution < 1.29 is 0 Å². The van der Waals surface area contributed by atoms with Crippen LogP contribution in [0.5, 0.6) is 0 Å². The highest BCUT2D eigenvalue weighted by Crippen LogP contribution is 2.21. The Morgan fingerprint density at radius 1 is 1.12 bits per heavy atom. The predicted molar refractivity (Wildman–Crippen MR) is 76.0 cm³/mol. The molecule has 0 bridgehead atoms. The van der Waals surface area contributed by atoms with E-state index in [0.717, 1.165) is 21.8 Å². The summed E-state index contributed by atoms with van der Waals surface area (Å²) in [5, 5.41) is 3.27. The zero-order valence-electron chi connectivity index (χ0n) is 9.81. The molecule has 1 aromatic heterocycles. The van der Waals surface area contributed by atoms with Crippen LogP contribution in [0.15, 0.2) is 47.1 Å². The summed E-state index contributed by atoms with van der Waals surface area (Å²) in [5.74, 6) is 0.829. The van der Waals surface area contributed by atoms with Gasteiger partial charge in [-0.05, 0) is 46.3 Å². The maximum atomic E-state index is 4.33. The first kappa shape index (κ1) is 11.9. The van der Waals surface area contributed by atoms with Gasteiger partial charge in [-0.25, -0.2) is 4.98 Å². The molecule has 2 aromatic rings. The molecule has 0 unspecified atom stereocenters. The van der Waals surface area contributed by atoms with Crippen molar-refractivity contribution in [3.8, 4) is 0 Å². The van der Waals surface area contributed by atoms with Crippen molar-refractivity contribution in [2.24, 2.45) is 0 Å². The Balaban J connectivity index is 2.21. The van der Waals surface area contributed by atoms with Crippen molar-refractivity contribution in [2.75, 3.05) is 24.3 Å². The summed E-state index contributed by atoms with van der Waals surface area (Å²) in [5.41, 5.74) is 2.19. The van der Waals surface area contributed by atoms with Gasteiger partial charge < -0.3 is 10.2 Å². The molecule has 0 saturated heterocycles. The van der Waals surface area contributed by atoms with Crippen LogP contribution >= 0.6 is 15.9 Å². The van der Waals surface area contributed by atoms with Crippen molar-refractivity contribution >= 4 is 33.1 Å². The topological polar surface area (TPSA) is 28.2 Å². The third kappa shape index (κ3) is 3.20. The van der Waals surface area contributed by atoms with Crippen molar-refractivity contribution in [3.05, 3.63) is 47.1 Å². The molecule has 4 heteroatoms. The van der Waals surface area contributed by atoms with Gasteiger partial charge in [0, 0.05) is 25.5 Å². The Labute approximate surface area is 110 Å². The predicted octanol–water partition coefficient (Wildman–Crippen LogP) is 3.65. The molecular weight excluding hydrogens is 278 g/mol. The molecule has 0 saturated carbocycles. The smallest absolute Gasteiger partial charge is 0.131 e. The van der Waals surface area contributed by atoms with Crippen LogP contribution in [-0.2, 0) is 0 Å². The fourth-order valence-electron chi connectivity index (χ4n) is 1.49. The first-order valence-electron chi connectivity index (χ1n) is 5.32. The highest BCUT2D eigenvalue weighted by Gasteiger charge is 1.99. The molecule has 0 atom stereocenters. The average Bonchev–Trinajstić information content (AvgIpc) is 2.29. The quantitative estimate of drug-likeness (QED) is 0.875. The van der Waals surface area contributed by atoms with E-state index in [4.69, 9.17) is 0 Å². The number of anilines is 3. The molecule has 1 heterocycles. The molecule has 17 heavy (non-hydrogen) atoms. The Bertz CT molecular complexity index is 512. The molecule has 2 rings (SSSR count). The van der Waals surface area contributed by atoms with E-state index in [1.165, 1.54) is 0 Å². The lowest BCUT2D eigenvalue weighted by Gasteiger charge is -2.14. The van der Waals surface area contributed by atoms with Crippen molar-refractivity contribution in [1.82, 2.24) is 4.98 Å². The zero-order chi connectivity index (χ0) is 12.3. The van der Waals surface area contributed by atoms with Crippen LogP contribution in [0.4, 0.5) is 17.2 Å². The highest BCUT2D eigenvalue weighted by molar-refractivity contribution is 9.10. The van der Waals surface area contributed by atoms with Crippen molar-refractivity contribution in [2.45, 2.75) is 0 Å². The van der Waals surface area contributed by atoms with E-state index in [-0.39, 0.29) is 0 Å². The van der Waals surface area contributed by atoms with Crippen LogP contribution in [-0.4, -0.2) is 19.1 Å². The second-order valence-corrected chi connectivity index (χ2v) is 4.73. The summed E-state index contributed by atoms with van der Waals surface area (Å²) >= 11 is 3.35. The van der Waals surface area contributed by atoms with Crippen LogP contribution < -0.4 is 10.2 Å². The van der Waals surface area contributed by atoms with Gasteiger partial charge in [0.05, 0.1) is 0 Å². The number of hydrogen-bond acceptors (Lipinski definition) is 3. The first-order chi connectivity index (χ1) is 8.15. The van der Waals surface area contributed by atoms with Gasteiger partial charge in [0.1, 0.15) is 10.4 Å². The monoisotopic (exact) mass is 291 g/mol. The van der Waals surface area contributed by atoms with Crippen LogP contribution in [0, 0.1) is 0 Å². The van der Waals surface area contributed by atoms with Crippen molar-refractivity contribution in [3.63, 3.8) is 0 Å². The molecule has 0 aliphatic rings. The summed E-state index contributed by atoms with van der Waals surface area (Å²) in [6.07, 6.45) is 0. The Morgan fingerprint density at radius 2 is 1.88 bits per heavy atom.